The van der Waals surface area contributed by atoms with Gasteiger partial charge in [0.1, 0.15) is 24.2 Å². The Hall–Kier alpha value is -3.65. The highest BCUT2D eigenvalue weighted by atomic mass is 16.6. The highest BCUT2D eigenvalue weighted by Crippen LogP contribution is 2.46. The Morgan fingerprint density at radius 1 is 0.848 bits per heavy atom. The van der Waals surface area contributed by atoms with E-state index < -0.39 is 5.63 Å². The number of hydrogen-bond donors (Lipinski definition) is 0. The summed E-state index contributed by atoms with van der Waals surface area (Å²) in [6.45, 7) is 4.27. The molecule has 0 spiro atoms. The number of epoxide rings is 1. The van der Waals surface area contributed by atoms with Crippen LogP contribution in [0.15, 0.2) is 50.0 Å². The van der Waals surface area contributed by atoms with E-state index in [9.17, 15) is 4.79 Å². The van der Waals surface area contributed by atoms with E-state index in [0.717, 1.165) is 5.56 Å². The average Bonchev–Trinajstić information content (AvgIpc) is 3.20. The lowest BCUT2D eigenvalue weighted by molar-refractivity contribution is 0.254. The molecular formula is C25H24O8. The quantitative estimate of drug-likeness (QED) is 0.292. The minimum atomic E-state index is -0.497. The molecule has 2 aromatic heterocycles. The van der Waals surface area contributed by atoms with Crippen LogP contribution in [-0.2, 0) is 4.74 Å². The Bertz CT molecular complexity index is 1410. The van der Waals surface area contributed by atoms with Gasteiger partial charge < -0.3 is 32.5 Å². The van der Waals surface area contributed by atoms with Gasteiger partial charge in [0.15, 0.2) is 22.7 Å². The van der Waals surface area contributed by atoms with Gasteiger partial charge in [0.2, 0.25) is 5.75 Å². The summed E-state index contributed by atoms with van der Waals surface area (Å²) in [7, 11) is 4.71. The van der Waals surface area contributed by atoms with Crippen LogP contribution in [0.4, 0.5) is 0 Å². The van der Waals surface area contributed by atoms with Gasteiger partial charge in [0, 0.05) is 11.6 Å². The average molecular weight is 452 g/mol. The number of hydrogen-bond acceptors (Lipinski definition) is 8. The third-order valence-corrected chi connectivity index (χ3v) is 5.88. The smallest absolute Gasteiger partial charge is 0.336 e. The lowest BCUT2D eigenvalue weighted by atomic mass is 10.1. The summed E-state index contributed by atoms with van der Waals surface area (Å²) in [4.78, 5) is 12.0. The number of ether oxygens (including phenoxy) is 5. The molecule has 1 atom stereocenters. The predicted octanol–water partition coefficient (Wildman–Crippen LogP) is 4.79. The molecule has 33 heavy (non-hydrogen) atoms. The molecule has 1 saturated heterocycles. The van der Waals surface area contributed by atoms with Crippen LogP contribution in [0.2, 0.25) is 0 Å². The molecule has 1 aliphatic heterocycles. The first kappa shape index (κ1) is 21.2. The van der Waals surface area contributed by atoms with Gasteiger partial charge in [0.25, 0.3) is 0 Å². The van der Waals surface area contributed by atoms with E-state index in [4.69, 9.17) is 32.5 Å². The van der Waals surface area contributed by atoms with E-state index in [0.29, 0.717) is 45.1 Å². The van der Waals surface area contributed by atoms with Crippen molar-refractivity contribution in [3.63, 3.8) is 0 Å². The lowest BCUT2D eigenvalue weighted by Gasteiger charge is -2.11. The van der Waals surface area contributed by atoms with Crippen LogP contribution >= 0.6 is 0 Å². The van der Waals surface area contributed by atoms with E-state index in [1.807, 2.05) is 32.0 Å². The maximum atomic E-state index is 12.0. The second kappa shape index (κ2) is 7.74. The molecule has 8 heteroatoms. The summed E-state index contributed by atoms with van der Waals surface area (Å²) in [5, 5.41) is 1.30. The molecular weight excluding hydrogens is 428 g/mol. The van der Waals surface area contributed by atoms with Crippen LogP contribution in [-0.4, -0.2) is 39.6 Å². The zero-order valence-corrected chi connectivity index (χ0v) is 19.0. The molecule has 5 rings (SSSR count). The molecule has 0 amide bonds. The Morgan fingerprint density at radius 3 is 2.24 bits per heavy atom. The molecule has 8 nitrogen and oxygen atoms in total. The topological polar surface area (TPSA) is 92.8 Å². The highest BCUT2D eigenvalue weighted by Gasteiger charge is 2.48. The monoisotopic (exact) mass is 452 g/mol. The fraction of sp³-hybridized carbons (Fsp3) is 0.320. The van der Waals surface area contributed by atoms with Crippen molar-refractivity contribution < 1.29 is 32.5 Å². The molecule has 0 N–H and O–H groups in total. The van der Waals surface area contributed by atoms with Crippen molar-refractivity contribution in [1.29, 1.82) is 0 Å². The zero-order valence-electron chi connectivity index (χ0n) is 19.0. The summed E-state index contributed by atoms with van der Waals surface area (Å²) in [6.07, 6.45) is -0.0691. The molecule has 0 aliphatic carbocycles. The van der Waals surface area contributed by atoms with Gasteiger partial charge in [-0.25, -0.2) is 4.79 Å². The number of fused-ring (bicyclic) bond motifs is 2. The van der Waals surface area contributed by atoms with Gasteiger partial charge in [-0.3, -0.25) is 0 Å². The standard InChI is InChI=1S/C25H24O8/c1-25(2)19(33-25)12-30-24-22-14(7-9-20(26)32-22)21(29-5)15-11-17(31-23(15)24)13-6-8-16(27-3)18(10-13)28-4/h6-11,19H,12H2,1-5H3/t19-/m1/s1. The molecule has 0 bridgehead atoms. The van der Waals surface area contributed by atoms with Crippen LogP contribution in [0.25, 0.3) is 33.3 Å². The van der Waals surface area contributed by atoms with Gasteiger partial charge in [0.05, 0.1) is 37.7 Å². The second-order valence-corrected chi connectivity index (χ2v) is 8.30. The molecule has 2 aromatic carbocycles. The van der Waals surface area contributed by atoms with Crippen molar-refractivity contribution in [2.24, 2.45) is 0 Å². The first-order chi connectivity index (χ1) is 15.9. The summed E-state index contributed by atoms with van der Waals surface area (Å²) >= 11 is 0. The van der Waals surface area contributed by atoms with Gasteiger partial charge in [-0.05, 0) is 44.2 Å². The molecule has 4 aromatic rings. The first-order valence-electron chi connectivity index (χ1n) is 10.5. The number of benzene rings is 2. The highest BCUT2D eigenvalue weighted by molar-refractivity contribution is 6.07. The first-order valence-corrected chi connectivity index (χ1v) is 10.5. The molecule has 0 saturated carbocycles. The summed E-state index contributed by atoms with van der Waals surface area (Å²) in [5.41, 5.74) is 0.698. The maximum absolute atomic E-state index is 12.0. The van der Waals surface area contributed by atoms with Crippen molar-refractivity contribution in [3.05, 3.63) is 46.8 Å². The lowest BCUT2D eigenvalue weighted by Crippen LogP contribution is -2.12. The molecule has 172 valence electrons. The number of rotatable bonds is 7. The van der Waals surface area contributed by atoms with Gasteiger partial charge >= 0.3 is 5.63 Å². The summed E-state index contributed by atoms with van der Waals surface area (Å²) < 4.78 is 40.0. The second-order valence-electron chi connectivity index (χ2n) is 8.30. The van der Waals surface area contributed by atoms with E-state index in [-0.39, 0.29) is 23.9 Å². The number of furan rings is 1. The van der Waals surface area contributed by atoms with E-state index in [2.05, 4.69) is 0 Å². The van der Waals surface area contributed by atoms with E-state index in [1.165, 1.54) is 6.07 Å². The van der Waals surface area contributed by atoms with E-state index >= 15 is 0 Å². The summed E-state index contributed by atoms with van der Waals surface area (Å²) in [5.74, 6) is 2.60. The van der Waals surface area contributed by atoms with Crippen molar-refractivity contribution in [3.8, 4) is 34.3 Å². The van der Waals surface area contributed by atoms with E-state index in [1.54, 1.807) is 33.5 Å². The largest absolute Gasteiger partial charge is 0.495 e. The molecule has 3 heterocycles. The SMILES string of the molecule is COc1ccc(-c2cc3c(OC)c4ccc(=O)oc4c(OC[C@H]4OC4(C)C)c3o2)cc1OC. The van der Waals surface area contributed by atoms with Crippen LogP contribution in [0.3, 0.4) is 0 Å². The Kier molecular flexibility index (Phi) is 4.97. The Labute approximate surface area is 189 Å². The normalized spacial score (nSPS) is 16.7. The van der Waals surface area contributed by atoms with Crippen LogP contribution < -0.4 is 24.6 Å². The van der Waals surface area contributed by atoms with Crippen LogP contribution in [0.1, 0.15) is 13.8 Å². The fourth-order valence-electron chi connectivity index (χ4n) is 3.95. The third kappa shape index (κ3) is 3.56. The van der Waals surface area contributed by atoms with Crippen molar-refractivity contribution in [2.75, 3.05) is 27.9 Å². The van der Waals surface area contributed by atoms with Crippen molar-refractivity contribution in [2.45, 2.75) is 25.6 Å². The van der Waals surface area contributed by atoms with Crippen LogP contribution in [0.5, 0.6) is 23.0 Å². The minimum Gasteiger partial charge on any atom is -0.495 e. The fourth-order valence-corrected chi connectivity index (χ4v) is 3.95. The van der Waals surface area contributed by atoms with Crippen LogP contribution in [0, 0.1) is 0 Å². The Balaban J connectivity index is 1.71. The minimum absolute atomic E-state index is 0.0691. The number of methoxy groups -OCH3 is 3. The maximum Gasteiger partial charge on any atom is 0.336 e. The molecule has 1 fully saturated rings. The van der Waals surface area contributed by atoms with Crippen molar-refractivity contribution in [1.82, 2.24) is 0 Å². The summed E-state index contributed by atoms with van der Waals surface area (Å²) in [6, 6.07) is 10.4. The van der Waals surface area contributed by atoms with Crippen molar-refractivity contribution >= 4 is 21.9 Å². The molecule has 1 aliphatic rings. The molecule has 0 unspecified atom stereocenters. The van der Waals surface area contributed by atoms with Gasteiger partial charge in [-0.15, -0.1) is 0 Å². The zero-order chi connectivity index (χ0) is 23.3. The predicted molar refractivity (Wildman–Crippen MR) is 122 cm³/mol. The third-order valence-electron chi connectivity index (χ3n) is 5.88. The van der Waals surface area contributed by atoms with Gasteiger partial charge in [-0.2, -0.15) is 0 Å². The molecule has 0 radical (unpaired) electrons. The Morgan fingerprint density at radius 2 is 1.58 bits per heavy atom. The van der Waals surface area contributed by atoms with Gasteiger partial charge in [-0.1, -0.05) is 0 Å².